The van der Waals surface area contributed by atoms with Crippen LogP contribution in [0.25, 0.3) is 22.2 Å². The smallest absolute Gasteiger partial charge is 0.161 e. The lowest BCUT2D eigenvalue weighted by Gasteiger charge is -2.14. The maximum atomic E-state index is 5.43. The summed E-state index contributed by atoms with van der Waals surface area (Å²) < 4.78 is 10.8. The second kappa shape index (κ2) is 7.37. The Morgan fingerprint density at radius 3 is 2.74 bits per heavy atom. The maximum absolute atomic E-state index is 5.43. The molecule has 27 heavy (non-hydrogen) atoms. The van der Waals surface area contributed by atoms with Crippen molar-refractivity contribution in [2.45, 2.75) is 6.54 Å². The molecule has 0 fully saturated rings. The van der Waals surface area contributed by atoms with Crippen LogP contribution < -0.4 is 14.8 Å². The van der Waals surface area contributed by atoms with Crippen molar-refractivity contribution < 1.29 is 9.47 Å². The summed E-state index contributed by atoms with van der Waals surface area (Å²) in [6.07, 6.45) is 5.34. The molecule has 0 amide bonds. The minimum absolute atomic E-state index is 0.688. The van der Waals surface area contributed by atoms with Gasteiger partial charge in [-0.05, 0) is 41.5 Å². The molecule has 0 saturated heterocycles. The van der Waals surface area contributed by atoms with Crippen LogP contribution in [0.1, 0.15) is 5.56 Å². The van der Waals surface area contributed by atoms with Crippen molar-refractivity contribution in [1.29, 1.82) is 0 Å². The SMILES string of the molecule is COc1ccc(-c2cnccc2NCc2ccc3[nH]cnc3c2)cc1OC. The first-order chi connectivity index (χ1) is 13.3. The molecule has 6 heteroatoms. The molecule has 2 heterocycles. The van der Waals surface area contributed by atoms with Crippen LogP contribution in [-0.4, -0.2) is 29.2 Å². The van der Waals surface area contributed by atoms with Gasteiger partial charge in [-0.25, -0.2) is 4.98 Å². The second-order valence-electron chi connectivity index (χ2n) is 6.10. The summed E-state index contributed by atoms with van der Waals surface area (Å²) in [6.45, 7) is 0.688. The maximum Gasteiger partial charge on any atom is 0.161 e. The molecule has 0 bridgehead atoms. The second-order valence-corrected chi connectivity index (χ2v) is 6.10. The van der Waals surface area contributed by atoms with Crippen LogP contribution in [0.2, 0.25) is 0 Å². The molecule has 2 N–H and O–H groups in total. The Morgan fingerprint density at radius 2 is 1.89 bits per heavy atom. The van der Waals surface area contributed by atoms with Crippen LogP contribution in [-0.2, 0) is 6.54 Å². The Hall–Kier alpha value is -3.54. The first-order valence-electron chi connectivity index (χ1n) is 8.61. The van der Waals surface area contributed by atoms with Gasteiger partial charge in [0.25, 0.3) is 0 Å². The Morgan fingerprint density at radius 1 is 1.00 bits per heavy atom. The van der Waals surface area contributed by atoms with Crippen molar-refractivity contribution in [2.75, 3.05) is 19.5 Å². The zero-order valence-electron chi connectivity index (χ0n) is 15.2. The van der Waals surface area contributed by atoms with E-state index in [4.69, 9.17) is 9.47 Å². The number of methoxy groups -OCH3 is 2. The number of H-pyrrole nitrogens is 1. The van der Waals surface area contributed by atoms with Crippen molar-refractivity contribution in [1.82, 2.24) is 15.0 Å². The summed E-state index contributed by atoms with van der Waals surface area (Å²) in [5, 5.41) is 3.50. The average Bonchev–Trinajstić information content (AvgIpc) is 3.20. The summed E-state index contributed by atoms with van der Waals surface area (Å²) in [5.74, 6) is 1.39. The molecule has 4 rings (SSSR count). The number of aromatic nitrogens is 3. The number of nitrogens with one attached hydrogen (secondary N) is 2. The molecule has 6 nitrogen and oxygen atoms in total. The molecule has 2 aromatic heterocycles. The van der Waals surface area contributed by atoms with Gasteiger partial charge in [0, 0.05) is 30.2 Å². The number of fused-ring (bicyclic) bond motifs is 1. The molecular weight excluding hydrogens is 340 g/mol. The molecule has 0 aliphatic rings. The zero-order valence-corrected chi connectivity index (χ0v) is 15.2. The number of imidazole rings is 1. The number of anilines is 1. The van der Waals surface area contributed by atoms with E-state index >= 15 is 0 Å². The third-order valence-corrected chi connectivity index (χ3v) is 4.48. The molecule has 136 valence electrons. The van der Waals surface area contributed by atoms with Gasteiger partial charge in [-0.3, -0.25) is 4.98 Å². The lowest BCUT2D eigenvalue weighted by atomic mass is 10.0. The molecule has 0 saturated carbocycles. The third-order valence-electron chi connectivity index (χ3n) is 4.48. The topological polar surface area (TPSA) is 72.1 Å². The lowest BCUT2D eigenvalue weighted by molar-refractivity contribution is 0.355. The van der Waals surface area contributed by atoms with Crippen molar-refractivity contribution in [3.63, 3.8) is 0 Å². The van der Waals surface area contributed by atoms with Crippen LogP contribution in [0, 0.1) is 0 Å². The average molecular weight is 360 g/mol. The Kier molecular flexibility index (Phi) is 4.61. The number of rotatable bonds is 6. The van der Waals surface area contributed by atoms with Gasteiger partial charge < -0.3 is 19.8 Å². The van der Waals surface area contributed by atoms with E-state index in [0.29, 0.717) is 18.0 Å². The summed E-state index contributed by atoms with van der Waals surface area (Å²) in [6, 6.07) is 14.0. The fraction of sp³-hybridized carbons (Fsp3) is 0.143. The molecule has 0 atom stereocenters. The van der Waals surface area contributed by atoms with Gasteiger partial charge >= 0.3 is 0 Å². The summed E-state index contributed by atoms with van der Waals surface area (Å²) >= 11 is 0. The predicted octanol–water partition coefficient (Wildman–Crippen LogP) is 4.25. The normalized spacial score (nSPS) is 10.7. The van der Waals surface area contributed by atoms with Gasteiger partial charge in [0.2, 0.25) is 0 Å². The highest BCUT2D eigenvalue weighted by Gasteiger charge is 2.10. The highest BCUT2D eigenvalue weighted by Crippen LogP contribution is 2.35. The number of hydrogen-bond acceptors (Lipinski definition) is 5. The number of pyridine rings is 1. The summed E-state index contributed by atoms with van der Waals surface area (Å²) in [5.41, 5.74) is 6.16. The molecule has 0 unspecified atom stereocenters. The van der Waals surface area contributed by atoms with Gasteiger partial charge in [-0.2, -0.15) is 0 Å². The van der Waals surface area contributed by atoms with E-state index in [2.05, 4.69) is 32.4 Å². The number of hydrogen-bond donors (Lipinski definition) is 2. The lowest BCUT2D eigenvalue weighted by Crippen LogP contribution is -2.01. The highest BCUT2D eigenvalue weighted by atomic mass is 16.5. The van der Waals surface area contributed by atoms with E-state index in [-0.39, 0.29) is 0 Å². The van der Waals surface area contributed by atoms with Crippen molar-refractivity contribution in [3.05, 3.63) is 66.7 Å². The number of nitrogens with zero attached hydrogens (tertiary/aromatic N) is 2. The van der Waals surface area contributed by atoms with Crippen LogP contribution in [0.4, 0.5) is 5.69 Å². The first kappa shape index (κ1) is 16.9. The molecule has 2 aromatic carbocycles. The fourth-order valence-electron chi connectivity index (χ4n) is 3.07. The third kappa shape index (κ3) is 3.42. The summed E-state index contributed by atoms with van der Waals surface area (Å²) in [7, 11) is 3.26. The highest BCUT2D eigenvalue weighted by molar-refractivity contribution is 5.79. The van der Waals surface area contributed by atoms with Gasteiger partial charge in [0.15, 0.2) is 11.5 Å². The molecular formula is C21H20N4O2. The van der Waals surface area contributed by atoms with Crippen molar-refractivity contribution in [3.8, 4) is 22.6 Å². The first-order valence-corrected chi connectivity index (χ1v) is 8.61. The van der Waals surface area contributed by atoms with Crippen LogP contribution in [0.3, 0.4) is 0 Å². The van der Waals surface area contributed by atoms with Crippen LogP contribution in [0.5, 0.6) is 11.5 Å². The number of ether oxygens (including phenoxy) is 2. The van der Waals surface area contributed by atoms with E-state index in [9.17, 15) is 0 Å². The quantitative estimate of drug-likeness (QED) is 0.538. The standard InChI is InChI=1S/C21H20N4O2/c1-26-20-6-4-15(10-21(20)27-2)16-12-22-8-7-17(16)23-11-14-3-5-18-19(9-14)25-13-24-18/h3-10,12-13H,11H2,1-2H3,(H,22,23)(H,24,25). The minimum Gasteiger partial charge on any atom is -0.493 e. The van der Waals surface area contributed by atoms with Gasteiger partial charge in [0.05, 0.1) is 31.6 Å². The van der Waals surface area contributed by atoms with Gasteiger partial charge in [-0.1, -0.05) is 12.1 Å². The molecule has 0 aliphatic carbocycles. The van der Waals surface area contributed by atoms with Crippen LogP contribution >= 0.6 is 0 Å². The number of benzene rings is 2. The van der Waals surface area contributed by atoms with E-state index in [0.717, 1.165) is 33.4 Å². The Labute approximate surface area is 157 Å². The molecule has 4 aromatic rings. The minimum atomic E-state index is 0.688. The molecule has 0 radical (unpaired) electrons. The molecule has 0 spiro atoms. The van der Waals surface area contributed by atoms with E-state index in [1.54, 1.807) is 26.7 Å². The van der Waals surface area contributed by atoms with E-state index in [1.807, 2.05) is 36.5 Å². The van der Waals surface area contributed by atoms with Crippen molar-refractivity contribution >= 4 is 16.7 Å². The Bertz CT molecular complexity index is 1070. The van der Waals surface area contributed by atoms with Gasteiger partial charge in [-0.15, -0.1) is 0 Å². The van der Waals surface area contributed by atoms with E-state index < -0.39 is 0 Å². The predicted molar refractivity (Wildman–Crippen MR) is 106 cm³/mol. The Balaban J connectivity index is 1.61. The van der Waals surface area contributed by atoms with Gasteiger partial charge in [0.1, 0.15) is 0 Å². The zero-order chi connectivity index (χ0) is 18.6. The fourth-order valence-corrected chi connectivity index (χ4v) is 3.07. The monoisotopic (exact) mass is 360 g/mol. The van der Waals surface area contributed by atoms with E-state index in [1.165, 1.54) is 0 Å². The molecule has 0 aliphatic heterocycles. The van der Waals surface area contributed by atoms with Crippen LogP contribution in [0.15, 0.2) is 61.2 Å². The summed E-state index contributed by atoms with van der Waals surface area (Å²) in [4.78, 5) is 11.7. The largest absolute Gasteiger partial charge is 0.493 e. The number of aromatic amines is 1. The van der Waals surface area contributed by atoms with Crippen molar-refractivity contribution in [2.24, 2.45) is 0 Å².